The van der Waals surface area contributed by atoms with Crippen molar-refractivity contribution in [3.8, 4) is 0 Å². The molecule has 8 heteroatoms. The van der Waals surface area contributed by atoms with Crippen molar-refractivity contribution in [1.82, 2.24) is 15.6 Å². The van der Waals surface area contributed by atoms with E-state index >= 15 is 0 Å². The fourth-order valence-electron chi connectivity index (χ4n) is 3.50. The van der Waals surface area contributed by atoms with Gasteiger partial charge in [-0.15, -0.1) is 24.0 Å². The number of nitrogens with zero attached hydrogens (tertiary/aromatic N) is 3. The second kappa shape index (κ2) is 14.0. The molecule has 3 rings (SSSR count). The first-order valence-electron chi connectivity index (χ1n) is 10.7. The normalized spacial score (nSPS) is 19.3. The maximum Gasteiger partial charge on any atom is 0.191 e. The Morgan fingerprint density at radius 1 is 1.31 bits per heavy atom. The van der Waals surface area contributed by atoms with Gasteiger partial charge in [0, 0.05) is 51.5 Å². The summed E-state index contributed by atoms with van der Waals surface area (Å²) in [6.07, 6.45) is 6.58. The molecule has 1 unspecified atom stereocenters. The molecule has 1 atom stereocenters. The summed E-state index contributed by atoms with van der Waals surface area (Å²) in [4.78, 5) is 11.6. The van der Waals surface area contributed by atoms with Crippen molar-refractivity contribution in [3.05, 3.63) is 23.9 Å². The number of ether oxygens (including phenoxy) is 2. The van der Waals surface area contributed by atoms with E-state index in [-0.39, 0.29) is 24.0 Å². The number of hydrogen-bond acceptors (Lipinski definition) is 5. The van der Waals surface area contributed by atoms with Gasteiger partial charge >= 0.3 is 0 Å². The van der Waals surface area contributed by atoms with Crippen molar-refractivity contribution in [2.75, 3.05) is 57.5 Å². The maximum absolute atomic E-state index is 5.75. The third-order valence-corrected chi connectivity index (χ3v) is 5.14. The molecular weight excluding hydrogens is 481 g/mol. The lowest BCUT2D eigenvalue weighted by Crippen LogP contribution is -2.38. The highest BCUT2D eigenvalue weighted by Crippen LogP contribution is 2.17. The first-order chi connectivity index (χ1) is 13.8. The third kappa shape index (κ3) is 8.64. The molecule has 2 N–H and O–H groups in total. The fourth-order valence-corrected chi connectivity index (χ4v) is 3.50. The highest BCUT2D eigenvalue weighted by molar-refractivity contribution is 14.0. The van der Waals surface area contributed by atoms with Crippen molar-refractivity contribution in [2.24, 2.45) is 10.9 Å². The van der Waals surface area contributed by atoms with Crippen LogP contribution in [0.25, 0.3) is 0 Å². The number of guanidine groups is 1. The molecule has 0 spiro atoms. The van der Waals surface area contributed by atoms with Crippen LogP contribution in [0.2, 0.25) is 0 Å². The Morgan fingerprint density at radius 2 is 2.17 bits per heavy atom. The predicted octanol–water partition coefficient (Wildman–Crippen LogP) is 2.80. The molecule has 29 heavy (non-hydrogen) atoms. The lowest BCUT2D eigenvalue weighted by molar-refractivity contribution is 0.0888. The number of pyridine rings is 1. The van der Waals surface area contributed by atoms with Crippen LogP contribution in [0.1, 0.15) is 38.2 Å². The molecule has 7 nitrogen and oxygen atoms in total. The number of rotatable bonds is 10. The predicted molar refractivity (Wildman–Crippen MR) is 128 cm³/mol. The number of anilines is 1. The second-order valence-corrected chi connectivity index (χ2v) is 7.50. The molecule has 3 heterocycles. The van der Waals surface area contributed by atoms with Crippen LogP contribution in [0.3, 0.4) is 0 Å². The standard InChI is InChI=1S/C21H35N5O2.HI/c1-2-22-21(23-9-5-12-27-16-19-8-13-28-17-19)25-15-18-6-7-20(24-14-18)26-10-3-4-11-26;/h6-7,14,19H,2-5,8-13,15-17H2,1H3,(H2,22,23,25);1H. The molecule has 0 amide bonds. The lowest BCUT2D eigenvalue weighted by atomic mass is 10.1. The van der Waals surface area contributed by atoms with Crippen molar-refractivity contribution in [1.29, 1.82) is 0 Å². The van der Waals surface area contributed by atoms with Crippen LogP contribution in [0.4, 0.5) is 5.82 Å². The maximum atomic E-state index is 5.75. The van der Waals surface area contributed by atoms with E-state index in [4.69, 9.17) is 9.47 Å². The van der Waals surface area contributed by atoms with Gasteiger partial charge in [-0.25, -0.2) is 9.98 Å². The molecule has 0 radical (unpaired) electrons. The van der Waals surface area contributed by atoms with E-state index in [1.54, 1.807) is 0 Å². The summed E-state index contributed by atoms with van der Waals surface area (Å²) in [5.74, 6) is 2.51. The monoisotopic (exact) mass is 517 g/mol. The minimum Gasteiger partial charge on any atom is -0.381 e. The molecule has 1 aromatic rings. The van der Waals surface area contributed by atoms with E-state index < -0.39 is 0 Å². The topological polar surface area (TPSA) is 71.0 Å². The minimum absolute atomic E-state index is 0. The summed E-state index contributed by atoms with van der Waals surface area (Å²) >= 11 is 0. The van der Waals surface area contributed by atoms with Crippen molar-refractivity contribution >= 4 is 35.8 Å². The zero-order chi connectivity index (χ0) is 19.4. The van der Waals surface area contributed by atoms with Crippen molar-refractivity contribution in [3.63, 3.8) is 0 Å². The van der Waals surface area contributed by atoms with E-state index in [2.05, 4.69) is 44.6 Å². The molecule has 0 bridgehead atoms. The zero-order valence-corrected chi connectivity index (χ0v) is 19.9. The minimum atomic E-state index is 0. The number of hydrogen-bond donors (Lipinski definition) is 2. The lowest BCUT2D eigenvalue weighted by Gasteiger charge is -2.16. The SMILES string of the molecule is CCNC(=NCc1ccc(N2CCCC2)nc1)NCCCOCC1CCOC1.I. The number of aliphatic imine (C=N–C) groups is 1. The Labute approximate surface area is 192 Å². The summed E-state index contributed by atoms with van der Waals surface area (Å²) in [7, 11) is 0. The van der Waals surface area contributed by atoms with Crippen LogP contribution in [0, 0.1) is 5.92 Å². The van der Waals surface area contributed by atoms with Crippen molar-refractivity contribution < 1.29 is 9.47 Å². The van der Waals surface area contributed by atoms with Gasteiger partial charge in [0.15, 0.2) is 5.96 Å². The van der Waals surface area contributed by atoms with Crippen LogP contribution >= 0.6 is 24.0 Å². The number of nitrogens with one attached hydrogen (secondary N) is 2. The Balaban J connectivity index is 0.00000300. The molecule has 0 saturated carbocycles. The van der Waals surface area contributed by atoms with Gasteiger partial charge in [0.2, 0.25) is 0 Å². The van der Waals surface area contributed by atoms with E-state index in [1.165, 1.54) is 12.8 Å². The molecule has 2 aliphatic rings. The van der Waals surface area contributed by atoms with E-state index in [9.17, 15) is 0 Å². The average molecular weight is 517 g/mol. The quantitative estimate of drug-likeness (QED) is 0.215. The van der Waals surface area contributed by atoms with Gasteiger partial charge < -0.3 is 25.0 Å². The summed E-state index contributed by atoms with van der Waals surface area (Å²) in [6, 6.07) is 4.25. The Morgan fingerprint density at radius 3 is 2.86 bits per heavy atom. The third-order valence-electron chi connectivity index (χ3n) is 5.14. The first kappa shape index (κ1) is 24.1. The van der Waals surface area contributed by atoms with E-state index in [0.717, 1.165) is 82.8 Å². The Bertz CT molecular complexity index is 587. The van der Waals surface area contributed by atoms with E-state index in [0.29, 0.717) is 12.5 Å². The van der Waals surface area contributed by atoms with Gasteiger partial charge in [0.1, 0.15) is 5.82 Å². The van der Waals surface area contributed by atoms with Crippen molar-refractivity contribution in [2.45, 2.75) is 39.2 Å². The van der Waals surface area contributed by atoms with Crippen LogP contribution in [-0.4, -0.2) is 63.6 Å². The van der Waals surface area contributed by atoms with Gasteiger partial charge in [0.25, 0.3) is 0 Å². The molecule has 2 aliphatic heterocycles. The highest BCUT2D eigenvalue weighted by atomic mass is 127. The van der Waals surface area contributed by atoms with Gasteiger partial charge in [-0.05, 0) is 44.2 Å². The summed E-state index contributed by atoms with van der Waals surface area (Å²) in [6.45, 7) is 9.96. The molecule has 2 fully saturated rings. The largest absolute Gasteiger partial charge is 0.381 e. The zero-order valence-electron chi connectivity index (χ0n) is 17.6. The van der Waals surface area contributed by atoms with Gasteiger partial charge in [-0.2, -0.15) is 0 Å². The molecule has 1 aromatic heterocycles. The molecule has 0 aliphatic carbocycles. The second-order valence-electron chi connectivity index (χ2n) is 7.50. The summed E-state index contributed by atoms with van der Waals surface area (Å²) in [5, 5.41) is 6.68. The molecular formula is C21H36IN5O2. The summed E-state index contributed by atoms with van der Waals surface area (Å²) < 4.78 is 11.1. The first-order valence-corrected chi connectivity index (χ1v) is 10.7. The van der Waals surface area contributed by atoms with Gasteiger partial charge in [-0.3, -0.25) is 0 Å². The molecule has 164 valence electrons. The summed E-state index contributed by atoms with van der Waals surface area (Å²) in [5.41, 5.74) is 1.13. The fraction of sp³-hybridized carbons (Fsp3) is 0.714. The van der Waals surface area contributed by atoms with Crippen LogP contribution in [-0.2, 0) is 16.0 Å². The van der Waals surface area contributed by atoms with Crippen LogP contribution in [0.15, 0.2) is 23.3 Å². The van der Waals surface area contributed by atoms with Crippen LogP contribution < -0.4 is 15.5 Å². The highest BCUT2D eigenvalue weighted by Gasteiger charge is 2.15. The van der Waals surface area contributed by atoms with Gasteiger partial charge in [-0.1, -0.05) is 6.07 Å². The number of aromatic nitrogens is 1. The Kier molecular flexibility index (Phi) is 11.6. The average Bonchev–Trinajstić information content (AvgIpc) is 3.43. The smallest absolute Gasteiger partial charge is 0.191 e. The molecule has 2 saturated heterocycles. The molecule has 0 aromatic carbocycles. The van der Waals surface area contributed by atoms with E-state index in [1.807, 2.05) is 6.20 Å². The number of halogens is 1. The van der Waals surface area contributed by atoms with Gasteiger partial charge in [0.05, 0.1) is 19.8 Å². The van der Waals surface area contributed by atoms with Crippen LogP contribution in [0.5, 0.6) is 0 Å². The Hall–Kier alpha value is -1.13.